The molecule has 2 aliphatic rings. The summed E-state index contributed by atoms with van der Waals surface area (Å²) in [5.41, 5.74) is 5.47. The molecule has 0 saturated heterocycles. The predicted molar refractivity (Wildman–Crippen MR) is 73.3 cm³/mol. The van der Waals surface area contributed by atoms with Crippen molar-refractivity contribution in [3.63, 3.8) is 0 Å². The highest BCUT2D eigenvalue weighted by Crippen LogP contribution is 2.48. The number of carboxylic acids is 2. The van der Waals surface area contributed by atoms with Crippen LogP contribution in [-0.2, 0) is 14.4 Å². The third-order valence-corrected chi connectivity index (χ3v) is 4.65. The van der Waals surface area contributed by atoms with E-state index in [-0.39, 0.29) is 5.91 Å². The van der Waals surface area contributed by atoms with Gasteiger partial charge in [0.2, 0.25) is 5.91 Å². The van der Waals surface area contributed by atoms with Crippen LogP contribution in [0.1, 0.15) is 32.1 Å². The zero-order chi connectivity index (χ0) is 15.6. The van der Waals surface area contributed by atoms with Gasteiger partial charge in [-0.15, -0.1) is 0 Å². The van der Waals surface area contributed by atoms with E-state index >= 15 is 0 Å². The lowest BCUT2D eigenvalue weighted by atomic mass is 9.89. The van der Waals surface area contributed by atoms with Gasteiger partial charge in [0.15, 0.2) is 0 Å². The summed E-state index contributed by atoms with van der Waals surface area (Å²) in [5.74, 6) is -4.99. The fourth-order valence-corrected chi connectivity index (χ4v) is 3.36. The van der Waals surface area contributed by atoms with Crippen LogP contribution in [0, 0.1) is 23.7 Å². The highest BCUT2D eigenvalue weighted by Gasteiger charge is 2.63. The molecule has 0 heterocycles. The van der Waals surface area contributed by atoms with Crippen LogP contribution in [0.2, 0.25) is 0 Å². The predicted octanol–water partition coefficient (Wildman–Crippen LogP) is 0.0416. The lowest BCUT2D eigenvalue weighted by molar-refractivity contribution is -0.141. The van der Waals surface area contributed by atoms with Gasteiger partial charge >= 0.3 is 11.9 Å². The minimum Gasteiger partial charge on any atom is -0.481 e. The van der Waals surface area contributed by atoms with Gasteiger partial charge < -0.3 is 21.3 Å². The molecule has 5 N–H and O–H groups in total. The number of hydrogen-bond donors (Lipinski definition) is 4. The minimum absolute atomic E-state index is 0.380. The van der Waals surface area contributed by atoms with Crippen LogP contribution in [0.4, 0.5) is 0 Å². The van der Waals surface area contributed by atoms with Gasteiger partial charge in [0.05, 0.1) is 11.8 Å². The Kier molecular flexibility index (Phi) is 4.82. The van der Waals surface area contributed by atoms with E-state index in [9.17, 15) is 14.4 Å². The Morgan fingerprint density at radius 2 is 1.71 bits per heavy atom. The largest absolute Gasteiger partial charge is 0.481 e. The van der Waals surface area contributed by atoms with Gasteiger partial charge in [0.1, 0.15) is 6.04 Å². The molecule has 0 bridgehead atoms. The van der Waals surface area contributed by atoms with Crippen LogP contribution in [-0.4, -0.2) is 40.6 Å². The smallest absolute Gasteiger partial charge is 0.320 e. The molecule has 2 fully saturated rings. The first-order valence-corrected chi connectivity index (χ1v) is 7.42. The molecule has 21 heavy (non-hydrogen) atoms. The quantitative estimate of drug-likeness (QED) is 0.548. The minimum atomic E-state index is -1.31. The summed E-state index contributed by atoms with van der Waals surface area (Å²) in [7, 11) is 0. The van der Waals surface area contributed by atoms with E-state index in [1.54, 1.807) is 0 Å². The van der Waals surface area contributed by atoms with E-state index in [0.717, 1.165) is 25.7 Å². The maximum atomic E-state index is 12.1. The second-order valence-electron chi connectivity index (χ2n) is 6.08. The molecule has 0 aromatic heterocycles. The Balaban J connectivity index is 1.88. The number of carbonyl (C=O) groups excluding carboxylic acids is 1. The molecule has 0 aromatic carbocycles. The van der Waals surface area contributed by atoms with E-state index in [0.29, 0.717) is 12.5 Å². The van der Waals surface area contributed by atoms with Crippen LogP contribution in [0.3, 0.4) is 0 Å². The zero-order valence-corrected chi connectivity index (χ0v) is 11.8. The SMILES string of the molecule is NC(C(=O)O)C1C(C(=O)O)C1C(=O)NCC1CCCCC1. The zero-order valence-electron chi connectivity index (χ0n) is 11.8. The lowest BCUT2D eigenvalue weighted by Gasteiger charge is -2.21. The maximum Gasteiger partial charge on any atom is 0.320 e. The number of rotatable bonds is 6. The summed E-state index contributed by atoms with van der Waals surface area (Å²) in [6.07, 6.45) is 5.70. The van der Waals surface area contributed by atoms with E-state index in [1.165, 1.54) is 6.42 Å². The molecule has 2 rings (SSSR count). The molecule has 4 atom stereocenters. The van der Waals surface area contributed by atoms with Crippen molar-refractivity contribution in [1.29, 1.82) is 0 Å². The standard InChI is InChI=1S/C14H22N2O5/c15-11(14(20)21)8-9(10(8)13(18)19)12(17)16-6-7-4-2-1-3-5-7/h7-11H,1-6,15H2,(H,16,17)(H,18,19)(H,20,21). The van der Waals surface area contributed by atoms with Crippen molar-refractivity contribution >= 4 is 17.8 Å². The molecule has 4 unspecified atom stereocenters. The monoisotopic (exact) mass is 298 g/mol. The van der Waals surface area contributed by atoms with Crippen LogP contribution < -0.4 is 11.1 Å². The van der Waals surface area contributed by atoms with Crippen molar-refractivity contribution in [3.8, 4) is 0 Å². The number of nitrogens with one attached hydrogen (secondary N) is 1. The average molecular weight is 298 g/mol. The third-order valence-electron chi connectivity index (χ3n) is 4.65. The van der Waals surface area contributed by atoms with E-state index in [4.69, 9.17) is 15.9 Å². The molecule has 7 nitrogen and oxygen atoms in total. The summed E-state index contributed by atoms with van der Waals surface area (Å²) in [4.78, 5) is 34.0. The average Bonchev–Trinajstić information content (AvgIpc) is 3.20. The molecule has 1 amide bonds. The normalized spacial score (nSPS) is 30.4. The molecule has 118 valence electrons. The fraction of sp³-hybridized carbons (Fsp3) is 0.786. The highest BCUT2D eigenvalue weighted by molar-refractivity contribution is 5.92. The summed E-state index contributed by atoms with van der Waals surface area (Å²) in [6, 6.07) is -1.31. The number of hydrogen-bond acceptors (Lipinski definition) is 4. The van der Waals surface area contributed by atoms with Crippen molar-refractivity contribution in [2.75, 3.05) is 6.54 Å². The Morgan fingerprint density at radius 3 is 2.24 bits per heavy atom. The molecule has 0 aliphatic heterocycles. The number of aliphatic carboxylic acids is 2. The van der Waals surface area contributed by atoms with Gasteiger partial charge in [-0.1, -0.05) is 19.3 Å². The Morgan fingerprint density at radius 1 is 1.10 bits per heavy atom. The van der Waals surface area contributed by atoms with Gasteiger partial charge in [0.25, 0.3) is 0 Å². The van der Waals surface area contributed by atoms with Gasteiger partial charge in [-0.3, -0.25) is 14.4 Å². The topological polar surface area (TPSA) is 130 Å². The summed E-state index contributed by atoms with van der Waals surface area (Å²) in [5, 5.41) is 20.7. The highest BCUT2D eigenvalue weighted by atomic mass is 16.4. The molecule has 7 heteroatoms. The lowest BCUT2D eigenvalue weighted by Crippen LogP contribution is -2.36. The second kappa shape index (κ2) is 6.43. The van der Waals surface area contributed by atoms with E-state index in [2.05, 4.69) is 5.32 Å². The van der Waals surface area contributed by atoms with Crippen molar-refractivity contribution in [1.82, 2.24) is 5.32 Å². The second-order valence-corrected chi connectivity index (χ2v) is 6.08. The van der Waals surface area contributed by atoms with Crippen molar-refractivity contribution < 1.29 is 24.6 Å². The third kappa shape index (κ3) is 3.53. The molecular weight excluding hydrogens is 276 g/mol. The first-order chi connectivity index (χ1) is 9.93. The van der Waals surface area contributed by atoms with Crippen LogP contribution in [0.15, 0.2) is 0 Å². The molecule has 2 saturated carbocycles. The summed E-state index contributed by atoms with van der Waals surface area (Å²) in [6.45, 7) is 0.538. The molecule has 0 aromatic rings. The molecular formula is C14H22N2O5. The fourth-order valence-electron chi connectivity index (χ4n) is 3.36. The molecule has 2 aliphatic carbocycles. The summed E-state index contributed by atoms with van der Waals surface area (Å²) < 4.78 is 0. The maximum absolute atomic E-state index is 12.1. The Labute approximate surface area is 122 Å². The first-order valence-electron chi connectivity index (χ1n) is 7.42. The number of nitrogens with two attached hydrogens (primary N) is 1. The number of carbonyl (C=O) groups is 3. The van der Waals surface area contributed by atoms with E-state index in [1.807, 2.05) is 0 Å². The summed E-state index contributed by atoms with van der Waals surface area (Å²) >= 11 is 0. The molecule has 0 spiro atoms. The van der Waals surface area contributed by atoms with Crippen LogP contribution in [0.25, 0.3) is 0 Å². The van der Waals surface area contributed by atoms with Gasteiger partial charge in [0, 0.05) is 12.5 Å². The van der Waals surface area contributed by atoms with Crippen LogP contribution in [0.5, 0.6) is 0 Å². The van der Waals surface area contributed by atoms with Crippen molar-refractivity contribution in [2.24, 2.45) is 29.4 Å². The van der Waals surface area contributed by atoms with Crippen molar-refractivity contribution in [3.05, 3.63) is 0 Å². The van der Waals surface area contributed by atoms with Gasteiger partial charge in [-0.2, -0.15) is 0 Å². The van der Waals surface area contributed by atoms with Crippen molar-refractivity contribution in [2.45, 2.75) is 38.1 Å². The molecule has 0 radical (unpaired) electrons. The van der Waals surface area contributed by atoms with Gasteiger partial charge in [-0.25, -0.2) is 0 Å². The van der Waals surface area contributed by atoms with E-state index < -0.39 is 35.7 Å². The Hall–Kier alpha value is -1.63. The number of amides is 1. The number of carboxylic acid groups (broad SMARTS) is 2. The first kappa shape index (κ1) is 15.8. The Bertz CT molecular complexity index is 433. The van der Waals surface area contributed by atoms with Crippen LogP contribution >= 0.6 is 0 Å². The van der Waals surface area contributed by atoms with Gasteiger partial charge in [-0.05, 0) is 18.8 Å².